The highest BCUT2D eigenvalue weighted by Crippen LogP contribution is 2.24. The third-order valence-electron chi connectivity index (χ3n) is 1.63. The zero-order valence-electron chi connectivity index (χ0n) is 8.15. The average molecular weight is 196 g/mol. The molecule has 0 atom stereocenters. The Morgan fingerprint density at radius 3 is 2.07 bits per heavy atom. The Hall–Kier alpha value is -1.58. The second kappa shape index (κ2) is 4.09. The van der Waals surface area contributed by atoms with Gasteiger partial charge in [0.05, 0.1) is 0 Å². The molecule has 1 aliphatic rings. The van der Waals surface area contributed by atoms with Crippen molar-refractivity contribution in [3.63, 3.8) is 0 Å². The molecule has 0 aromatic heterocycles. The number of allylic oxidation sites excluding steroid dienone is 2. The summed E-state index contributed by atoms with van der Waals surface area (Å²) in [6.07, 6.45) is 7.14. The molecule has 0 radical (unpaired) electrons. The molecule has 0 amide bonds. The van der Waals surface area contributed by atoms with E-state index in [2.05, 4.69) is 0 Å². The van der Waals surface area contributed by atoms with Crippen LogP contribution in [0, 0.1) is 0 Å². The van der Waals surface area contributed by atoms with E-state index in [0.717, 1.165) is 0 Å². The number of rotatable bonds is 2. The van der Waals surface area contributed by atoms with E-state index in [1.54, 1.807) is 24.3 Å². The highest BCUT2D eigenvalue weighted by molar-refractivity contribution is 5.69. The SMILES string of the molecule is CC(=O)OC1(OC(C)=O)C=CC=CC1. The van der Waals surface area contributed by atoms with Gasteiger partial charge in [-0.2, -0.15) is 0 Å². The van der Waals surface area contributed by atoms with Gasteiger partial charge in [-0.1, -0.05) is 18.2 Å². The summed E-state index contributed by atoms with van der Waals surface area (Å²) in [5.74, 6) is -2.20. The van der Waals surface area contributed by atoms with Gasteiger partial charge in [0.25, 0.3) is 5.79 Å². The van der Waals surface area contributed by atoms with Crippen molar-refractivity contribution in [3.8, 4) is 0 Å². The van der Waals surface area contributed by atoms with E-state index in [1.165, 1.54) is 13.8 Å². The van der Waals surface area contributed by atoms with E-state index in [-0.39, 0.29) is 0 Å². The maximum Gasteiger partial charge on any atom is 0.306 e. The Morgan fingerprint density at radius 2 is 1.71 bits per heavy atom. The van der Waals surface area contributed by atoms with Gasteiger partial charge >= 0.3 is 11.9 Å². The van der Waals surface area contributed by atoms with E-state index in [9.17, 15) is 9.59 Å². The lowest BCUT2D eigenvalue weighted by atomic mass is 10.1. The van der Waals surface area contributed by atoms with Crippen LogP contribution >= 0.6 is 0 Å². The monoisotopic (exact) mass is 196 g/mol. The van der Waals surface area contributed by atoms with Crippen molar-refractivity contribution < 1.29 is 19.1 Å². The highest BCUT2D eigenvalue weighted by Gasteiger charge is 2.33. The summed E-state index contributed by atoms with van der Waals surface area (Å²) in [6, 6.07) is 0. The van der Waals surface area contributed by atoms with Crippen LogP contribution in [0.2, 0.25) is 0 Å². The standard InChI is InChI=1S/C10H12O4/c1-8(11)13-10(14-9(2)12)6-4-3-5-7-10/h3-6H,7H2,1-2H3. The minimum absolute atomic E-state index is 0.350. The van der Waals surface area contributed by atoms with Crippen molar-refractivity contribution in [3.05, 3.63) is 24.3 Å². The molecular weight excluding hydrogens is 184 g/mol. The van der Waals surface area contributed by atoms with Crippen molar-refractivity contribution in [2.45, 2.75) is 26.1 Å². The van der Waals surface area contributed by atoms with Crippen LogP contribution < -0.4 is 0 Å². The molecule has 0 aliphatic heterocycles. The summed E-state index contributed by atoms with van der Waals surface area (Å²) < 4.78 is 9.94. The zero-order chi connectivity index (χ0) is 10.6. The Kier molecular flexibility index (Phi) is 3.06. The van der Waals surface area contributed by atoms with Crippen molar-refractivity contribution >= 4 is 11.9 Å². The van der Waals surface area contributed by atoms with Gasteiger partial charge in [-0.25, -0.2) is 0 Å². The Bertz CT molecular complexity index is 285. The lowest BCUT2D eigenvalue weighted by Crippen LogP contribution is -2.37. The lowest BCUT2D eigenvalue weighted by molar-refractivity contribution is -0.208. The molecule has 0 fully saturated rings. The van der Waals surface area contributed by atoms with Crippen molar-refractivity contribution in [2.75, 3.05) is 0 Å². The predicted octanol–water partition coefficient (Wildman–Crippen LogP) is 1.33. The Balaban J connectivity index is 2.79. The smallest absolute Gasteiger partial charge is 0.306 e. The number of carbonyl (C=O) groups is 2. The van der Waals surface area contributed by atoms with Crippen molar-refractivity contribution in [2.24, 2.45) is 0 Å². The summed E-state index contributed by atoms with van der Waals surface area (Å²) in [4.78, 5) is 21.7. The Morgan fingerprint density at radius 1 is 1.14 bits per heavy atom. The largest absolute Gasteiger partial charge is 0.418 e. The van der Waals surface area contributed by atoms with Gasteiger partial charge < -0.3 is 9.47 Å². The maximum absolute atomic E-state index is 10.8. The van der Waals surface area contributed by atoms with Crippen LogP contribution in [0.3, 0.4) is 0 Å². The third kappa shape index (κ3) is 2.73. The van der Waals surface area contributed by atoms with Crippen molar-refractivity contribution in [1.82, 2.24) is 0 Å². The first-order valence-corrected chi connectivity index (χ1v) is 4.28. The maximum atomic E-state index is 10.8. The highest BCUT2D eigenvalue weighted by atomic mass is 16.7. The molecular formula is C10H12O4. The summed E-state index contributed by atoms with van der Waals surface area (Å²) >= 11 is 0. The molecule has 0 aromatic carbocycles. The van der Waals surface area contributed by atoms with Gasteiger partial charge in [0.2, 0.25) is 0 Å². The Labute approximate surface area is 82.2 Å². The number of hydrogen-bond donors (Lipinski definition) is 0. The van der Waals surface area contributed by atoms with Crippen LogP contribution in [-0.2, 0) is 19.1 Å². The molecule has 4 heteroatoms. The van der Waals surface area contributed by atoms with Crippen LogP contribution in [0.15, 0.2) is 24.3 Å². The quantitative estimate of drug-likeness (QED) is 0.493. The van der Waals surface area contributed by atoms with Crippen LogP contribution in [0.25, 0.3) is 0 Å². The van der Waals surface area contributed by atoms with Gasteiger partial charge in [0.1, 0.15) is 0 Å². The second-order valence-electron chi connectivity index (χ2n) is 2.99. The number of carbonyl (C=O) groups excluding carboxylic acids is 2. The molecule has 0 unspecified atom stereocenters. The average Bonchev–Trinajstić information content (AvgIpc) is 2.01. The number of esters is 2. The molecule has 1 aliphatic carbocycles. The molecule has 76 valence electrons. The summed E-state index contributed by atoms with van der Waals surface area (Å²) in [5, 5.41) is 0. The molecule has 0 saturated heterocycles. The molecule has 0 heterocycles. The molecule has 4 nitrogen and oxygen atoms in total. The first kappa shape index (κ1) is 10.5. The van der Waals surface area contributed by atoms with Gasteiger partial charge in [-0.3, -0.25) is 9.59 Å². The first-order valence-electron chi connectivity index (χ1n) is 4.28. The summed E-state index contributed by atoms with van der Waals surface area (Å²) in [6.45, 7) is 2.55. The first-order chi connectivity index (χ1) is 6.54. The molecule has 0 spiro atoms. The second-order valence-corrected chi connectivity index (χ2v) is 2.99. The predicted molar refractivity (Wildman–Crippen MR) is 49.2 cm³/mol. The van der Waals surface area contributed by atoms with Crippen LogP contribution in [-0.4, -0.2) is 17.7 Å². The fourth-order valence-electron chi connectivity index (χ4n) is 1.24. The third-order valence-corrected chi connectivity index (χ3v) is 1.63. The van der Waals surface area contributed by atoms with Crippen LogP contribution in [0.4, 0.5) is 0 Å². The normalized spacial score (nSPS) is 17.6. The topological polar surface area (TPSA) is 52.6 Å². The van der Waals surface area contributed by atoms with E-state index < -0.39 is 17.7 Å². The fourth-order valence-corrected chi connectivity index (χ4v) is 1.24. The van der Waals surface area contributed by atoms with Crippen molar-refractivity contribution in [1.29, 1.82) is 0 Å². The number of ether oxygens (including phenoxy) is 2. The fraction of sp³-hybridized carbons (Fsp3) is 0.400. The summed E-state index contributed by atoms with van der Waals surface area (Å²) in [5.41, 5.74) is 0. The van der Waals surface area contributed by atoms with E-state index in [1.807, 2.05) is 0 Å². The molecule has 0 aromatic rings. The minimum Gasteiger partial charge on any atom is -0.418 e. The summed E-state index contributed by atoms with van der Waals surface area (Å²) in [7, 11) is 0. The van der Waals surface area contributed by atoms with Gasteiger partial charge in [0, 0.05) is 20.3 Å². The molecule has 0 bridgehead atoms. The number of hydrogen-bond acceptors (Lipinski definition) is 4. The zero-order valence-corrected chi connectivity index (χ0v) is 8.15. The van der Waals surface area contributed by atoms with Crippen LogP contribution in [0.5, 0.6) is 0 Å². The molecule has 0 N–H and O–H groups in total. The van der Waals surface area contributed by atoms with E-state index in [4.69, 9.17) is 9.47 Å². The molecule has 0 saturated carbocycles. The van der Waals surface area contributed by atoms with Gasteiger partial charge in [0.15, 0.2) is 0 Å². The molecule has 14 heavy (non-hydrogen) atoms. The van der Waals surface area contributed by atoms with Gasteiger partial charge in [-0.05, 0) is 6.08 Å². The van der Waals surface area contributed by atoms with E-state index >= 15 is 0 Å². The van der Waals surface area contributed by atoms with Crippen LogP contribution in [0.1, 0.15) is 20.3 Å². The van der Waals surface area contributed by atoms with Gasteiger partial charge in [-0.15, -0.1) is 0 Å². The minimum atomic E-state index is -1.24. The van der Waals surface area contributed by atoms with E-state index in [0.29, 0.717) is 6.42 Å². The molecule has 1 rings (SSSR count). The lowest BCUT2D eigenvalue weighted by Gasteiger charge is -2.29.